The van der Waals surface area contributed by atoms with E-state index in [1.54, 1.807) is 0 Å². The Balaban J connectivity index is 2.19. The molecule has 1 aromatic rings. The van der Waals surface area contributed by atoms with Gasteiger partial charge in [0.25, 0.3) is 0 Å². The fourth-order valence-corrected chi connectivity index (χ4v) is 3.34. The molecule has 4 nitrogen and oxygen atoms in total. The van der Waals surface area contributed by atoms with Gasteiger partial charge in [0.2, 0.25) is 0 Å². The van der Waals surface area contributed by atoms with E-state index in [4.69, 9.17) is 11.5 Å². The normalized spacial score (nSPS) is 25.8. The molecule has 1 aromatic heterocycles. The summed E-state index contributed by atoms with van der Waals surface area (Å²) >= 11 is 2.02. The number of nitrogens with zero attached hydrogens (tertiary/aromatic N) is 2. The summed E-state index contributed by atoms with van der Waals surface area (Å²) in [6.45, 7) is 6.53. The highest BCUT2D eigenvalue weighted by Gasteiger charge is 2.23. The Bertz CT molecular complexity index is 372. The smallest absolute Gasteiger partial charge is 0.149 e. The summed E-state index contributed by atoms with van der Waals surface area (Å²) in [6, 6.07) is 3.77. The average Bonchev–Trinajstić information content (AvgIpc) is 2.20. The van der Waals surface area contributed by atoms with Gasteiger partial charge in [-0.25, -0.2) is 4.98 Å². The number of hydrogen-bond acceptors (Lipinski definition) is 5. The highest BCUT2D eigenvalue weighted by atomic mass is 32.2. The fraction of sp³-hybridized carbons (Fsp3) is 0.545. The molecule has 0 saturated carbocycles. The fourth-order valence-electron chi connectivity index (χ4n) is 2.02. The van der Waals surface area contributed by atoms with Crippen molar-refractivity contribution in [3.8, 4) is 0 Å². The van der Waals surface area contributed by atoms with Gasteiger partial charge in [-0.1, -0.05) is 13.8 Å². The molecular formula is C11H18N4S. The van der Waals surface area contributed by atoms with Crippen molar-refractivity contribution in [3.63, 3.8) is 0 Å². The monoisotopic (exact) mass is 238 g/mol. The maximum Gasteiger partial charge on any atom is 0.149 e. The molecule has 4 N–H and O–H groups in total. The van der Waals surface area contributed by atoms with Crippen LogP contribution in [0.3, 0.4) is 0 Å². The van der Waals surface area contributed by atoms with E-state index in [2.05, 4.69) is 23.7 Å². The second-order valence-corrected chi connectivity index (χ2v) is 6.19. The van der Waals surface area contributed by atoms with Gasteiger partial charge < -0.3 is 16.4 Å². The van der Waals surface area contributed by atoms with Crippen LogP contribution in [0, 0.1) is 0 Å². The molecule has 0 aromatic carbocycles. The van der Waals surface area contributed by atoms with Crippen LogP contribution in [0.1, 0.15) is 13.8 Å². The third-order valence-electron chi connectivity index (χ3n) is 2.69. The van der Waals surface area contributed by atoms with Crippen LogP contribution in [0.5, 0.6) is 0 Å². The van der Waals surface area contributed by atoms with E-state index < -0.39 is 0 Å². The Kier molecular flexibility index (Phi) is 3.14. The number of pyridine rings is 1. The predicted molar refractivity (Wildman–Crippen MR) is 71.8 cm³/mol. The van der Waals surface area contributed by atoms with Gasteiger partial charge >= 0.3 is 0 Å². The van der Waals surface area contributed by atoms with Crippen molar-refractivity contribution in [2.45, 2.75) is 24.3 Å². The van der Waals surface area contributed by atoms with Crippen LogP contribution < -0.4 is 16.4 Å². The maximum atomic E-state index is 5.73. The van der Waals surface area contributed by atoms with Crippen LogP contribution >= 0.6 is 11.8 Å². The van der Waals surface area contributed by atoms with Crippen molar-refractivity contribution in [1.82, 2.24) is 4.98 Å². The molecule has 0 aliphatic carbocycles. The van der Waals surface area contributed by atoms with E-state index in [1.165, 1.54) is 0 Å². The molecule has 2 heterocycles. The Morgan fingerprint density at radius 3 is 2.44 bits per heavy atom. The first kappa shape index (κ1) is 11.4. The third-order valence-corrected chi connectivity index (χ3v) is 3.91. The van der Waals surface area contributed by atoms with Crippen molar-refractivity contribution in [3.05, 3.63) is 12.1 Å². The summed E-state index contributed by atoms with van der Waals surface area (Å²) in [4.78, 5) is 6.61. The van der Waals surface area contributed by atoms with Crippen molar-refractivity contribution in [1.29, 1.82) is 0 Å². The molecule has 1 saturated heterocycles. The van der Waals surface area contributed by atoms with Crippen molar-refractivity contribution < 1.29 is 0 Å². The minimum Gasteiger partial charge on any atom is -0.396 e. The number of nitrogens with two attached hydrogens (primary N) is 2. The van der Waals surface area contributed by atoms with E-state index in [-0.39, 0.29) is 0 Å². The SMILES string of the molecule is CC1CN(c2ccc(N)c(N)n2)CC(C)S1. The molecule has 88 valence electrons. The Labute approximate surface area is 100 Å². The Morgan fingerprint density at radius 2 is 1.88 bits per heavy atom. The molecule has 0 radical (unpaired) electrons. The van der Waals surface area contributed by atoms with Gasteiger partial charge in [0.05, 0.1) is 5.69 Å². The van der Waals surface area contributed by atoms with Crippen LogP contribution in [0.4, 0.5) is 17.3 Å². The number of thioether (sulfide) groups is 1. The van der Waals surface area contributed by atoms with E-state index in [0.717, 1.165) is 18.9 Å². The zero-order chi connectivity index (χ0) is 11.7. The van der Waals surface area contributed by atoms with E-state index >= 15 is 0 Å². The van der Waals surface area contributed by atoms with Gasteiger partial charge in [-0.05, 0) is 12.1 Å². The average molecular weight is 238 g/mol. The molecular weight excluding hydrogens is 220 g/mol. The molecule has 1 fully saturated rings. The lowest BCUT2D eigenvalue weighted by Crippen LogP contribution is -2.40. The number of aromatic nitrogens is 1. The largest absolute Gasteiger partial charge is 0.396 e. The third kappa shape index (κ3) is 2.35. The van der Waals surface area contributed by atoms with Crippen LogP contribution in [0.2, 0.25) is 0 Å². The summed E-state index contributed by atoms with van der Waals surface area (Å²) in [5, 5.41) is 1.26. The van der Waals surface area contributed by atoms with Gasteiger partial charge in [-0.3, -0.25) is 0 Å². The molecule has 0 amide bonds. The summed E-state index contributed by atoms with van der Waals surface area (Å²) in [7, 11) is 0. The summed E-state index contributed by atoms with van der Waals surface area (Å²) < 4.78 is 0. The molecule has 1 aliphatic heterocycles. The minimum atomic E-state index is 0.427. The quantitative estimate of drug-likeness (QED) is 0.777. The highest BCUT2D eigenvalue weighted by molar-refractivity contribution is 8.00. The molecule has 2 unspecified atom stereocenters. The molecule has 0 spiro atoms. The summed E-state index contributed by atoms with van der Waals surface area (Å²) in [6.07, 6.45) is 0. The van der Waals surface area contributed by atoms with Crippen molar-refractivity contribution in [2.75, 3.05) is 29.5 Å². The number of hydrogen-bond donors (Lipinski definition) is 2. The lowest BCUT2D eigenvalue weighted by atomic mass is 10.3. The first-order valence-corrected chi connectivity index (χ1v) is 6.43. The van der Waals surface area contributed by atoms with Crippen molar-refractivity contribution >= 4 is 29.1 Å². The van der Waals surface area contributed by atoms with E-state index in [0.29, 0.717) is 22.0 Å². The number of nitrogen functional groups attached to an aromatic ring is 2. The molecule has 2 rings (SSSR count). The first-order valence-electron chi connectivity index (χ1n) is 5.48. The number of anilines is 3. The molecule has 16 heavy (non-hydrogen) atoms. The Hall–Kier alpha value is -1.10. The lowest BCUT2D eigenvalue weighted by Gasteiger charge is -2.35. The summed E-state index contributed by atoms with van der Waals surface area (Å²) in [5.41, 5.74) is 11.9. The van der Waals surface area contributed by atoms with E-state index in [1.807, 2.05) is 23.9 Å². The van der Waals surface area contributed by atoms with Gasteiger partial charge in [-0.15, -0.1) is 0 Å². The predicted octanol–water partition coefficient (Wildman–Crippen LogP) is 1.58. The maximum absolute atomic E-state index is 5.73. The molecule has 5 heteroatoms. The molecule has 2 atom stereocenters. The van der Waals surface area contributed by atoms with Gasteiger partial charge in [0.15, 0.2) is 0 Å². The standard InChI is InChI=1S/C11H18N4S/c1-7-5-15(6-8(2)16-7)10-4-3-9(12)11(13)14-10/h3-4,7-8H,5-6,12H2,1-2H3,(H2,13,14). The first-order chi connectivity index (χ1) is 7.56. The molecule has 0 bridgehead atoms. The van der Waals surface area contributed by atoms with Crippen LogP contribution in [0.25, 0.3) is 0 Å². The lowest BCUT2D eigenvalue weighted by molar-refractivity contribution is 0.719. The topological polar surface area (TPSA) is 68.2 Å². The molecule has 1 aliphatic rings. The van der Waals surface area contributed by atoms with Gasteiger partial charge in [0.1, 0.15) is 11.6 Å². The Morgan fingerprint density at radius 1 is 1.25 bits per heavy atom. The van der Waals surface area contributed by atoms with Crippen LogP contribution in [-0.2, 0) is 0 Å². The highest BCUT2D eigenvalue weighted by Crippen LogP contribution is 2.28. The zero-order valence-corrected chi connectivity index (χ0v) is 10.5. The van der Waals surface area contributed by atoms with Crippen molar-refractivity contribution in [2.24, 2.45) is 0 Å². The van der Waals surface area contributed by atoms with E-state index in [9.17, 15) is 0 Å². The summed E-state index contributed by atoms with van der Waals surface area (Å²) in [5.74, 6) is 1.36. The second-order valence-electron chi connectivity index (χ2n) is 4.31. The zero-order valence-electron chi connectivity index (χ0n) is 9.68. The van der Waals surface area contributed by atoms with Gasteiger partial charge in [0, 0.05) is 23.6 Å². The number of rotatable bonds is 1. The second kappa shape index (κ2) is 4.41. The van der Waals surface area contributed by atoms with Crippen LogP contribution in [0.15, 0.2) is 12.1 Å². The van der Waals surface area contributed by atoms with Gasteiger partial charge in [-0.2, -0.15) is 11.8 Å². The van der Waals surface area contributed by atoms with Crippen LogP contribution in [-0.4, -0.2) is 28.6 Å². The minimum absolute atomic E-state index is 0.427.